The minimum atomic E-state index is -1.04. The Hall–Kier alpha value is -3.59. The Balaban J connectivity index is 2.07. The SMILES string of the molecule is CC(C)OCCCN1C(=O)C(=O)C(=C(O)c2cccc([N+](=O)[O-])c2)[C@H]1c1cccc(F)c1. The molecular weight excluding hydrogens is 419 g/mol. The van der Waals surface area contributed by atoms with E-state index in [1.807, 2.05) is 13.8 Å². The van der Waals surface area contributed by atoms with Gasteiger partial charge in [-0.2, -0.15) is 0 Å². The van der Waals surface area contributed by atoms with E-state index in [1.165, 1.54) is 41.3 Å². The van der Waals surface area contributed by atoms with Crippen LogP contribution >= 0.6 is 0 Å². The van der Waals surface area contributed by atoms with E-state index >= 15 is 0 Å². The molecule has 1 heterocycles. The maximum Gasteiger partial charge on any atom is 0.295 e. The Morgan fingerprint density at radius 1 is 1.22 bits per heavy atom. The number of benzene rings is 2. The number of rotatable bonds is 8. The number of likely N-dealkylation sites (tertiary alicyclic amines) is 1. The van der Waals surface area contributed by atoms with Gasteiger partial charge in [0.05, 0.1) is 22.6 Å². The predicted octanol–water partition coefficient (Wildman–Crippen LogP) is 3.97. The third-order valence-electron chi connectivity index (χ3n) is 5.03. The number of nitro benzene ring substituents is 1. The molecule has 168 valence electrons. The van der Waals surface area contributed by atoms with Gasteiger partial charge in [0.15, 0.2) is 0 Å². The molecule has 32 heavy (non-hydrogen) atoms. The first-order valence-electron chi connectivity index (χ1n) is 10.1. The highest BCUT2D eigenvalue weighted by Crippen LogP contribution is 2.39. The monoisotopic (exact) mass is 442 g/mol. The Morgan fingerprint density at radius 3 is 2.59 bits per heavy atom. The van der Waals surface area contributed by atoms with Crippen molar-refractivity contribution in [2.45, 2.75) is 32.4 Å². The van der Waals surface area contributed by atoms with Crippen LogP contribution in [0.5, 0.6) is 0 Å². The molecule has 0 radical (unpaired) electrons. The minimum Gasteiger partial charge on any atom is -0.507 e. The fourth-order valence-corrected chi connectivity index (χ4v) is 3.61. The molecule has 2 aromatic carbocycles. The van der Waals surface area contributed by atoms with Crippen molar-refractivity contribution in [1.29, 1.82) is 0 Å². The van der Waals surface area contributed by atoms with E-state index < -0.39 is 34.2 Å². The molecule has 8 nitrogen and oxygen atoms in total. The zero-order valence-corrected chi connectivity index (χ0v) is 17.7. The molecule has 3 rings (SSSR count). The summed E-state index contributed by atoms with van der Waals surface area (Å²) in [6.07, 6.45) is 0.423. The van der Waals surface area contributed by atoms with Crippen molar-refractivity contribution < 1.29 is 28.7 Å². The van der Waals surface area contributed by atoms with Crippen LogP contribution in [0.4, 0.5) is 10.1 Å². The first kappa shape index (κ1) is 23.1. The van der Waals surface area contributed by atoms with Gasteiger partial charge in [-0.05, 0) is 38.0 Å². The van der Waals surface area contributed by atoms with Crippen LogP contribution in [0.2, 0.25) is 0 Å². The summed E-state index contributed by atoms with van der Waals surface area (Å²) in [4.78, 5) is 37.4. The van der Waals surface area contributed by atoms with E-state index in [0.29, 0.717) is 18.6 Å². The van der Waals surface area contributed by atoms with Crippen molar-refractivity contribution in [1.82, 2.24) is 4.90 Å². The second-order valence-corrected chi connectivity index (χ2v) is 7.63. The van der Waals surface area contributed by atoms with Crippen LogP contribution in [0.25, 0.3) is 5.76 Å². The van der Waals surface area contributed by atoms with Crippen LogP contribution in [0.15, 0.2) is 54.1 Å². The van der Waals surface area contributed by atoms with Crippen molar-refractivity contribution in [3.8, 4) is 0 Å². The molecule has 0 aromatic heterocycles. The molecule has 2 aromatic rings. The summed E-state index contributed by atoms with van der Waals surface area (Å²) < 4.78 is 19.5. The van der Waals surface area contributed by atoms with Gasteiger partial charge >= 0.3 is 0 Å². The molecule has 1 amide bonds. The number of hydrogen-bond acceptors (Lipinski definition) is 6. The van der Waals surface area contributed by atoms with Crippen molar-refractivity contribution in [2.75, 3.05) is 13.2 Å². The smallest absolute Gasteiger partial charge is 0.295 e. The number of amides is 1. The standard InChI is InChI=1S/C23H23FN2O6/c1-14(2)32-11-5-10-25-20(15-6-3-8-17(24)12-15)19(22(28)23(25)29)21(27)16-7-4-9-18(13-16)26(30)31/h3-4,6-9,12-14,20,27H,5,10-11H2,1-2H3/t20-/m1/s1. The second kappa shape index (κ2) is 9.69. The normalized spacial score (nSPS) is 17.9. The summed E-state index contributed by atoms with van der Waals surface area (Å²) in [5.74, 6) is -2.89. The lowest BCUT2D eigenvalue weighted by molar-refractivity contribution is -0.384. The van der Waals surface area contributed by atoms with Gasteiger partial charge in [0, 0.05) is 30.8 Å². The molecule has 1 N–H and O–H groups in total. The van der Waals surface area contributed by atoms with Crippen LogP contribution in [0.1, 0.15) is 37.4 Å². The van der Waals surface area contributed by atoms with Crippen LogP contribution in [-0.2, 0) is 14.3 Å². The van der Waals surface area contributed by atoms with Gasteiger partial charge in [-0.1, -0.05) is 24.3 Å². The first-order valence-corrected chi connectivity index (χ1v) is 10.1. The second-order valence-electron chi connectivity index (χ2n) is 7.63. The Morgan fingerprint density at radius 2 is 1.94 bits per heavy atom. The summed E-state index contributed by atoms with van der Waals surface area (Å²) in [6.45, 7) is 4.24. The van der Waals surface area contributed by atoms with Crippen molar-refractivity contribution >= 4 is 23.1 Å². The van der Waals surface area contributed by atoms with Gasteiger partial charge in [0.1, 0.15) is 11.6 Å². The van der Waals surface area contributed by atoms with Crippen LogP contribution in [-0.4, -0.2) is 45.9 Å². The van der Waals surface area contributed by atoms with E-state index in [0.717, 1.165) is 6.07 Å². The zero-order chi connectivity index (χ0) is 23.4. The topological polar surface area (TPSA) is 110 Å². The molecule has 0 aliphatic carbocycles. The van der Waals surface area contributed by atoms with Gasteiger partial charge in [-0.3, -0.25) is 19.7 Å². The highest BCUT2D eigenvalue weighted by atomic mass is 19.1. The number of non-ortho nitro benzene ring substituents is 1. The van der Waals surface area contributed by atoms with E-state index in [1.54, 1.807) is 6.07 Å². The van der Waals surface area contributed by atoms with Crippen molar-refractivity contribution in [3.63, 3.8) is 0 Å². The lowest BCUT2D eigenvalue weighted by Crippen LogP contribution is -2.31. The molecule has 1 aliphatic rings. The number of hydrogen-bond donors (Lipinski definition) is 1. The molecule has 0 saturated carbocycles. The highest BCUT2D eigenvalue weighted by molar-refractivity contribution is 6.46. The third kappa shape index (κ3) is 4.83. The van der Waals surface area contributed by atoms with Crippen LogP contribution < -0.4 is 0 Å². The molecule has 1 atom stereocenters. The number of carbonyl (C=O) groups excluding carboxylic acids is 2. The highest BCUT2D eigenvalue weighted by Gasteiger charge is 2.46. The number of aliphatic hydroxyl groups is 1. The number of ether oxygens (including phenoxy) is 1. The maximum atomic E-state index is 14.0. The van der Waals surface area contributed by atoms with Crippen LogP contribution in [0, 0.1) is 15.9 Å². The Kier molecular flexibility index (Phi) is 6.99. The molecule has 0 bridgehead atoms. The molecule has 1 aliphatic heterocycles. The average Bonchev–Trinajstić information content (AvgIpc) is 3.01. The largest absolute Gasteiger partial charge is 0.507 e. The van der Waals surface area contributed by atoms with E-state index in [2.05, 4.69) is 0 Å². The Labute approximate surface area is 184 Å². The summed E-state index contributed by atoms with van der Waals surface area (Å²) >= 11 is 0. The summed E-state index contributed by atoms with van der Waals surface area (Å²) in [5.41, 5.74) is -0.204. The Bertz CT molecular complexity index is 1080. The third-order valence-corrected chi connectivity index (χ3v) is 5.03. The molecule has 1 fully saturated rings. The fourth-order valence-electron chi connectivity index (χ4n) is 3.61. The molecule has 9 heteroatoms. The molecular formula is C23H23FN2O6. The minimum absolute atomic E-state index is 0.00157. The van der Waals surface area contributed by atoms with Gasteiger partial charge in [-0.25, -0.2) is 4.39 Å². The number of aliphatic hydroxyl groups excluding tert-OH is 1. The van der Waals surface area contributed by atoms with E-state index in [4.69, 9.17) is 4.74 Å². The lowest BCUT2D eigenvalue weighted by atomic mass is 9.95. The summed E-state index contributed by atoms with van der Waals surface area (Å²) in [6, 6.07) is 9.50. The quantitative estimate of drug-likeness (QED) is 0.165. The lowest BCUT2D eigenvalue weighted by Gasteiger charge is -2.25. The van der Waals surface area contributed by atoms with Gasteiger partial charge < -0.3 is 14.7 Å². The summed E-state index contributed by atoms with van der Waals surface area (Å²) in [7, 11) is 0. The van der Waals surface area contributed by atoms with Crippen molar-refractivity contribution in [2.24, 2.45) is 0 Å². The van der Waals surface area contributed by atoms with Crippen LogP contribution in [0.3, 0.4) is 0 Å². The van der Waals surface area contributed by atoms with Gasteiger partial charge in [-0.15, -0.1) is 0 Å². The molecule has 0 unspecified atom stereocenters. The number of halogens is 1. The number of nitro groups is 1. The van der Waals surface area contributed by atoms with E-state index in [-0.39, 0.29) is 29.5 Å². The molecule has 1 saturated heterocycles. The van der Waals surface area contributed by atoms with Gasteiger partial charge in [0.25, 0.3) is 17.4 Å². The first-order chi connectivity index (χ1) is 15.2. The average molecular weight is 442 g/mol. The number of nitrogens with zero attached hydrogens (tertiary/aromatic N) is 2. The van der Waals surface area contributed by atoms with E-state index in [9.17, 15) is 29.2 Å². The summed E-state index contributed by atoms with van der Waals surface area (Å²) in [5, 5.41) is 22.0. The van der Waals surface area contributed by atoms with Crippen molar-refractivity contribution in [3.05, 3.63) is 81.2 Å². The zero-order valence-electron chi connectivity index (χ0n) is 17.7. The van der Waals surface area contributed by atoms with Gasteiger partial charge in [0.2, 0.25) is 0 Å². The number of ketones is 1. The number of Topliss-reactive ketones (excluding diaryl/α,β-unsaturated/α-hetero) is 1. The predicted molar refractivity (Wildman–Crippen MR) is 114 cm³/mol. The fraction of sp³-hybridized carbons (Fsp3) is 0.304. The number of carbonyl (C=O) groups is 2. The molecule has 0 spiro atoms. The maximum absolute atomic E-state index is 14.0.